The van der Waals surface area contributed by atoms with Gasteiger partial charge in [-0.05, 0) is 12.5 Å². The molecule has 1 aliphatic heterocycles. The van der Waals surface area contributed by atoms with Crippen molar-refractivity contribution in [2.75, 3.05) is 13.1 Å². The van der Waals surface area contributed by atoms with Crippen LogP contribution in [-0.4, -0.2) is 34.8 Å². The number of piperidine rings is 1. The lowest BCUT2D eigenvalue weighted by Crippen LogP contribution is -2.40. The van der Waals surface area contributed by atoms with Crippen LogP contribution >= 0.6 is 0 Å². The first kappa shape index (κ1) is 12.8. The van der Waals surface area contributed by atoms with Gasteiger partial charge in [0.2, 0.25) is 5.76 Å². The predicted octanol–water partition coefficient (Wildman–Crippen LogP) is 1.78. The number of carbonyl (C=O) groups excluding carboxylic acids is 1. The third-order valence-electron chi connectivity index (χ3n) is 3.44. The molecule has 1 aliphatic rings. The number of aromatic carboxylic acids is 1. The molecule has 1 unspecified atom stereocenters. The van der Waals surface area contributed by atoms with Gasteiger partial charge in [-0.15, -0.1) is 0 Å². The first-order valence-electron chi connectivity index (χ1n) is 6.16. The summed E-state index contributed by atoms with van der Waals surface area (Å²) in [4.78, 5) is 24.7. The van der Waals surface area contributed by atoms with E-state index in [4.69, 9.17) is 9.52 Å². The van der Waals surface area contributed by atoms with Crippen molar-refractivity contribution in [3.63, 3.8) is 0 Å². The number of carbonyl (C=O) groups is 2. The molecule has 0 aliphatic carbocycles. The van der Waals surface area contributed by atoms with Gasteiger partial charge in [0.25, 0.3) is 0 Å². The van der Waals surface area contributed by atoms with Crippen LogP contribution in [0.1, 0.15) is 35.9 Å². The van der Waals surface area contributed by atoms with Gasteiger partial charge in [-0.2, -0.15) is 0 Å². The molecular weight excluding hydrogens is 234 g/mol. The van der Waals surface area contributed by atoms with Crippen LogP contribution in [0, 0.1) is 5.92 Å². The monoisotopic (exact) mass is 251 g/mol. The van der Waals surface area contributed by atoms with Gasteiger partial charge in [0.1, 0.15) is 5.78 Å². The molecule has 0 radical (unpaired) electrons. The number of rotatable bonds is 4. The van der Waals surface area contributed by atoms with Crippen molar-refractivity contribution in [1.82, 2.24) is 4.90 Å². The molecule has 0 amide bonds. The minimum atomic E-state index is -1.05. The summed E-state index contributed by atoms with van der Waals surface area (Å²) in [6.07, 6.45) is 2.79. The average Bonchev–Trinajstić information content (AvgIpc) is 2.80. The second-order valence-electron chi connectivity index (χ2n) is 4.64. The van der Waals surface area contributed by atoms with E-state index in [0.717, 1.165) is 6.42 Å². The van der Waals surface area contributed by atoms with E-state index in [1.54, 1.807) is 6.07 Å². The van der Waals surface area contributed by atoms with Crippen LogP contribution < -0.4 is 0 Å². The number of carboxylic acid groups (broad SMARTS) is 1. The Morgan fingerprint density at radius 3 is 3.06 bits per heavy atom. The topological polar surface area (TPSA) is 70.8 Å². The fourth-order valence-electron chi connectivity index (χ4n) is 2.37. The molecule has 2 rings (SSSR count). The lowest BCUT2D eigenvalue weighted by molar-refractivity contribution is -0.126. The number of furan rings is 1. The first-order valence-corrected chi connectivity index (χ1v) is 6.16. The maximum absolute atomic E-state index is 11.6. The van der Waals surface area contributed by atoms with Crippen LogP contribution in [0.5, 0.6) is 0 Å². The number of nitrogens with zero attached hydrogens (tertiary/aromatic N) is 1. The Morgan fingerprint density at radius 2 is 2.39 bits per heavy atom. The molecule has 1 atom stereocenters. The maximum atomic E-state index is 11.6. The SMILES string of the molecule is CCC1CN(Cc2ccoc2C(=O)O)CCC1=O. The third-order valence-corrected chi connectivity index (χ3v) is 3.44. The van der Waals surface area contributed by atoms with Crippen molar-refractivity contribution >= 4 is 11.8 Å². The van der Waals surface area contributed by atoms with Gasteiger partial charge in [-0.3, -0.25) is 9.69 Å². The normalized spacial score (nSPS) is 21.2. The average molecular weight is 251 g/mol. The highest BCUT2D eigenvalue weighted by molar-refractivity contribution is 5.86. The fraction of sp³-hybridized carbons (Fsp3) is 0.538. The van der Waals surface area contributed by atoms with Crippen LogP contribution in [0.3, 0.4) is 0 Å². The van der Waals surface area contributed by atoms with Gasteiger partial charge >= 0.3 is 5.97 Å². The Bertz CT molecular complexity index is 452. The number of ketones is 1. The van der Waals surface area contributed by atoms with E-state index < -0.39 is 5.97 Å². The van der Waals surface area contributed by atoms with E-state index in [9.17, 15) is 9.59 Å². The lowest BCUT2D eigenvalue weighted by atomic mass is 9.94. The van der Waals surface area contributed by atoms with Crippen molar-refractivity contribution in [2.24, 2.45) is 5.92 Å². The number of carboxylic acids is 1. The smallest absolute Gasteiger partial charge is 0.372 e. The van der Waals surface area contributed by atoms with Crippen molar-refractivity contribution < 1.29 is 19.1 Å². The molecule has 18 heavy (non-hydrogen) atoms. The van der Waals surface area contributed by atoms with E-state index >= 15 is 0 Å². The Labute approximate surface area is 105 Å². The van der Waals surface area contributed by atoms with Gasteiger partial charge < -0.3 is 9.52 Å². The zero-order valence-corrected chi connectivity index (χ0v) is 10.4. The number of Topliss-reactive ketones (excluding diaryl/α,β-unsaturated/α-hetero) is 1. The highest BCUT2D eigenvalue weighted by Crippen LogP contribution is 2.20. The van der Waals surface area contributed by atoms with Crippen LogP contribution in [-0.2, 0) is 11.3 Å². The van der Waals surface area contributed by atoms with E-state index in [1.165, 1.54) is 6.26 Å². The molecule has 1 aromatic heterocycles. The summed E-state index contributed by atoms with van der Waals surface area (Å²) in [5, 5.41) is 8.96. The van der Waals surface area contributed by atoms with Crippen LogP contribution in [0.15, 0.2) is 16.7 Å². The predicted molar refractivity (Wildman–Crippen MR) is 64.3 cm³/mol. The lowest BCUT2D eigenvalue weighted by Gasteiger charge is -2.30. The minimum Gasteiger partial charge on any atom is -0.475 e. The minimum absolute atomic E-state index is 0.0000477. The third kappa shape index (κ3) is 2.61. The Morgan fingerprint density at radius 1 is 1.61 bits per heavy atom. The number of hydrogen-bond donors (Lipinski definition) is 1. The van der Waals surface area contributed by atoms with Crippen LogP contribution in [0.25, 0.3) is 0 Å². The molecule has 5 nitrogen and oxygen atoms in total. The molecule has 1 N–H and O–H groups in total. The van der Waals surface area contributed by atoms with Crippen molar-refractivity contribution in [3.8, 4) is 0 Å². The van der Waals surface area contributed by atoms with Crippen molar-refractivity contribution in [3.05, 3.63) is 23.7 Å². The van der Waals surface area contributed by atoms with Gasteiger partial charge in [-0.25, -0.2) is 4.79 Å². The summed E-state index contributed by atoms with van der Waals surface area (Å²) >= 11 is 0. The van der Waals surface area contributed by atoms with E-state index in [2.05, 4.69) is 4.90 Å². The van der Waals surface area contributed by atoms with E-state index in [0.29, 0.717) is 37.4 Å². The molecule has 0 bridgehead atoms. The summed E-state index contributed by atoms with van der Waals surface area (Å²) < 4.78 is 4.95. The Hall–Kier alpha value is -1.62. The van der Waals surface area contributed by atoms with Crippen LogP contribution in [0.2, 0.25) is 0 Å². The van der Waals surface area contributed by atoms with Crippen molar-refractivity contribution in [1.29, 1.82) is 0 Å². The molecule has 1 aromatic rings. The summed E-state index contributed by atoms with van der Waals surface area (Å²) in [5.41, 5.74) is 0.673. The second-order valence-corrected chi connectivity index (χ2v) is 4.64. The van der Waals surface area contributed by atoms with Crippen LogP contribution in [0.4, 0.5) is 0 Å². The Kier molecular flexibility index (Phi) is 3.81. The first-order chi connectivity index (χ1) is 8.61. The van der Waals surface area contributed by atoms with E-state index in [-0.39, 0.29) is 11.7 Å². The number of hydrogen-bond acceptors (Lipinski definition) is 4. The molecule has 2 heterocycles. The summed E-state index contributed by atoms with van der Waals surface area (Å²) in [7, 11) is 0. The fourth-order valence-corrected chi connectivity index (χ4v) is 2.37. The molecule has 1 fully saturated rings. The summed E-state index contributed by atoms with van der Waals surface area (Å²) in [5.74, 6) is -0.645. The molecule has 98 valence electrons. The zero-order valence-electron chi connectivity index (χ0n) is 10.4. The molecule has 0 spiro atoms. The quantitative estimate of drug-likeness (QED) is 0.883. The largest absolute Gasteiger partial charge is 0.475 e. The van der Waals surface area contributed by atoms with E-state index in [1.807, 2.05) is 6.92 Å². The maximum Gasteiger partial charge on any atom is 0.372 e. The van der Waals surface area contributed by atoms with Gasteiger partial charge in [0, 0.05) is 37.5 Å². The molecule has 0 saturated carbocycles. The summed E-state index contributed by atoms with van der Waals surface area (Å²) in [6.45, 7) is 3.94. The van der Waals surface area contributed by atoms with Gasteiger partial charge in [-0.1, -0.05) is 6.92 Å². The molecule has 5 heteroatoms. The van der Waals surface area contributed by atoms with Crippen molar-refractivity contribution in [2.45, 2.75) is 26.3 Å². The molecule has 0 aromatic carbocycles. The second kappa shape index (κ2) is 5.35. The van der Waals surface area contributed by atoms with Gasteiger partial charge in [0.15, 0.2) is 0 Å². The standard InChI is InChI=1S/C13H17NO4/c1-2-9-7-14(5-3-11(9)15)8-10-4-6-18-12(10)13(16)17/h4,6,9H,2-3,5,7-8H2,1H3,(H,16,17). The zero-order chi connectivity index (χ0) is 13.1. The Balaban J connectivity index is 2.03. The summed E-state index contributed by atoms with van der Waals surface area (Å²) in [6, 6.07) is 1.68. The highest BCUT2D eigenvalue weighted by Gasteiger charge is 2.27. The molecular formula is C13H17NO4. The number of likely N-dealkylation sites (tertiary alicyclic amines) is 1. The highest BCUT2D eigenvalue weighted by atomic mass is 16.4. The molecule has 1 saturated heterocycles. The van der Waals surface area contributed by atoms with Gasteiger partial charge in [0.05, 0.1) is 6.26 Å².